The van der Waals surface area contributed by atoms with Gasteiger partial charge in [-0.2, -0.15) is 0 Å². The van der Waals surface area contributed by atoms with Crippen LogP contribution in [-0.2, 0) is 9.53 Å². The zero-order valence-corrected chi connectivity index (χ0v) is 11.3. The molecule has 1 rings (SSSR count). The number of esters is 1. The van der Waals surface area contributed by atoms with Crippen LogP contribution in [0, 0.1) is 0 Å². The first-order chi connectivity index (χ1) is 6.96. The van der Waals surface area contributed by atoms with Crippen LogP contribution in [0.3, 0.4) is 0 Å². The second-order valence-electron chi connectivity index (χ2n) is 3.34. The number of ether oxygens (including phenoxy) is 1. The quantitative estimate of drug-likeness (QED) is 0.598. The van der Waals surface area contributed by atoms with Crippen molar-refractivity contribution in [1.29, 1.82) is 0 Å². The second kappa shape index (κ2) is 4.95. The van der Waals surface area contributed by atoms with Crippen molar-refractivity contribution in [3.63, 3.8) is 0 Å². The van der Waals surface area contributed by atoms with Crippen molar-refractivity contribution in [2.45, 2.75) is 31.7 Å². The largest absolute Gasteiger partial charge is 0.424 e. The van der Waals surface area contributed by atoms with Gasteiger partial charge >= 0.3 is 5.97 Å². The van der Waals surface area contributed by atoms with Gasteiger partial charge in [0.05, 0.1) is 21.5 Å². The number of hydrogen-bond acceptors (Lipinski definition) is 4. The van der Waals surface area contributed by atoms with Crippen LogP contribution in [0.5, 0.6) is 0 Å². The summed E-state index contributed by atoms with van der Waals surface area (Å²) in [7, 11) is 0. The zero-order chi connectivity index (χ0) is 11.6. The number of halogens is 2. The Kier molecular flexibility index (Phi) is 4.34. The van der Waals surface area contributed by atoms with Crippen LogP contribution < -0.4 is 0 Å². The first kappa shape index (κ1) is 13.2. The number of alkyl halides is 1. The number of carbonyl (C=O) groups excluding carboxylic acids is 1. The molecule has 0 radical (unpaired) electrons. The van der Waals surface area contributed by atoms with E-state index in [2.05, 4.69) is 31.9 Å². The van der Waals surface area contributed by atoms with E-state index >= 15 is 0 Å². The molecule has 0 aromatic carbocycles. The molecule has 0 saturated heterocycles. The lowest BCUT2D eigenvalue weighted by atomic mass is 10.1. The molecule has 0 amide bonds. The summed E-state index contributed by atoms with van der Waals surface area (Å²) < 4.78 is 4.99. The number of aliphatic hydroxyl groups excluding tert-OH is 1. The van der Waals surface area contributed by atoms with E-state index in [0.717, 1.165) is 6.42 Å². The summed E-state index contributed by atoms with van der Waals surface area (Å²) in [5.74, 6) is -2.36. The minimum absolute atomic E-state index is 0.0642. The maximum Gasteiger partial charge on any atom is 0.340 e. The molecule has 0 aromatic rings. The molecule has 1 unspecified atom stereocenters. The first-order valence-electron chi connectivity index (χ1n) is 4.56. The fraction of sp³-hybridized carbons (Fsp3) is 0.667. The molecule has 15 heavy (non-hydrogen) atoms. The van der Waals surface area contributed by atoms with Crippen molar-refractivity contribution in [3.8, 4) is 0 Å². The van der Waals surface area contributed by atoms with Gasteiger partial charge in [0, 0.05) is 0 Å². The van der Waals surface area contributed by atoms with Gasteiger partial charge < -0.3 is 14.9 Å². The lowest BCUT2D eigenvalue weighted by Crippen LogP contribution is -2.31. The normalized spacial score (nSPS) is 28.2. The van der Waals surface area contributed by atoms with Gasteiger partial charge in [0.25, 0.3) is 5.79 Å². The number of hydrogen-bond donors (Lipinski definition) is 2. The van der Waals surface area contributed by atoms with Gasteiger partial charge in [-0.05, 0) is 22.4 Å². The highest BCUT2D eigenvalue weighted by Crippen LogP contribution is 2.38. The molecule has 1 aliphatic rings. The van der Waals surface area contributed by atoms with Crippen molar-refractivity contribution < 1.29 is 19.7 Å². The number of aliphatic hydroxyl groups is 2. The molecule has 0 bridgehead atoms. The lowest BCUT2D eigenvalue weighted by molar-refractivity contribution is -0.172. The molecule has 0 spiro atoms. The molecule has 0 aliphatic carbocycles. The molecule has 2 N–H and O–H groups in total. The summed E-state index contributed by atoms with van der Waals surface area (Å²) in [6.07, 6.45) is 0.299. The molecule has 6 heteroatoms. The molecule has 0 fully saturated rings. The van der Waals surface area contributed by atoms with E-state index in [4.69, 9.17) is 4.74 Å². The maximum absolute atomic E-state index is 11.4. The molecule has 86 valence electrons. The van der Waals surface area contributed by atoms with E-state index in [0.29, 0.717) is 6.42 Å². The molecule has 0 aromatic heterocycles. The standard InChI is InChI=1S/C9H12Br2O4/c1-2-3-5(12)6-7(11)9(14,4-10)15-8(6)13/h5,12,14H,2-4H2,1H3/t5-,9?/m1/s1. The third kappa shape index (κ3) is 2.43. The molecule has 2 atom stereocenters. The summed E-state index contributed by atoms with van der Waals surface area (Å²) in [5.41, 5.74) is 0.110. The van der Waals surface area contributed by atoms with E-state index in [9.17, 15) is 15.0 Å². The molecule has 1 aliphatic heterocycles. The van der Waals surface area contributed by atoms with Gasteiger partial charge in [0.15, 0.2) is 0 Å². The number of carbonyl (C=O) groups is 1. The summed E-state index contributed by atoms with van der Waals surface area (Å²) in [6.45, 7) is 1.90. The fourth-order valence-corrected chi connectivity index (χ4v) is 2.76. The van der Waals surface area contributed by atoms with Crippen LogP contribution in [0.2, 0.25) is 0 Å². The Bertz CT molecular complexity index is 302. The van der Waals surface area contributed by atoms with E-state index in [-0.39, 0.29) is 15.4 Å². The average Bonchev–Trinajstić information content (AvgIpc) is 2.39. The van der Waals surface area contributed by atoms with Gasteiger partial charge in [-0.1, -0.05) is 29.3 Å². The summed E-state index contributed by atoms with van der Waals surface area (Å²) in [5, 5.41) is 19.6. The zero-order valence-electron chi connectivity index (χ0n) is 8.17. The van der Waals surface area contributed by atoms with Crippen molar-refractivity contribution in [3.05, 3.63) is 10.1 Å². The number of cyclic esters (lactones) is 1. The summed E-state index contributed by atoms with van der Waals surface area (Å²) >= 11 is 6.14. The Labute approximate surface area is 105 Å². The summed E-state index contributed by atoms with van der Waals surface area (Å²) in [4.78, 5) is 11.4. The fourth-order valence-electron chi connectivity index (χ4n) is 1.34. The van der Waals surface area contributed by atoms with E-state index < -0.39 is 17.9 Å². The lowest BCUT2D eigenvalue weighted by Gasteiger charge is -2.18. The van der Waals surface area contributed by atoms with Gasteiger partial charge in [-0.25, -0.2) is 4.79 Å². The summed E-state index contributed by atoms with van der Waals surface area (Å²) in [6, 6.07) is 0. The Morgan fingerprint density at radius 1 is 1.60 bits per heavy atom. The van der Waals surface area contributed by atoms with Crippen LogP contribution in [0.1, 0.15) is 19.8 Å². The Balaban J connectivity index is 2.99. The van der Waals surface area contributed by atoms with E-state index in [1.54, 1.807) is 0 Å². The van der Waals surface area contributed by atoms with Crippen molar-refractivity contribution in [2.75, 3.05) is 5.33 Å². The Morgan fingerprint density at radius 3 is 2.60 bits per heavy atom. The van der Waals surface area contributed by atoms with E-state index in [1.807, 2.05) is 6.92 Å². The Morgan fingerprint density at radius 2 is 2.20 bits per heavy atom. The van der Waals surface area contributed by atoms with Crippen molar-refractivity contribution >= 4 is 37.8 Å². The minimum Gasteiger partial charge on any atom is -0.424 e. The Hall–Kier alpha value is 0.0900. The smallest absolute Gasteiger partial charge is 0.340 e. The van der Waals surface area contributed by atoms with Gasteiger partial charge in [-0.15, -0.1) is 0 Å². The molecule has 4 nitrogen and oxygen atoms in total. The van der Waals surface area contributed by atoms with Gasteiger partial charge in [-0.3, -0.25) is 0 Å². The van der Waals surface area contributed by atoms with Gasteiger partial charge in [0.2, 0.25) is 0 Å². The second-order valence-corrected chi connectivity index (χ2v) is 4.69. The van der Waals surface area contributed by atoms with E-state index in [1.165, 1.54) is 0 Å². The van der Waals surface area contributed by atoms with Crippen LogP contribution in [0.15, 0.2) is 10.1 Å². The van der Waals surface area contributed by atoms with Crippen molar-refractivity contribution in [1.82, 2.24) is 0 Å². The highest BCUT2D eigenvalue weighted by molar-refractivity contribution is 9.12. The van der Waals surface area contributed by atoms with Crippen LogP contribution >= 0.6 is 31.9 Å². The molecular weight excluding hydrogens is 332 g/mol. The third-order valence-corrected chi connectivity index (χ3v) is 3.94. The first-order valence-corrected chi connectivity index (χ1v) is 6.47. The number of rotatable bonds is 4. The third-order valence-electron chi connectivity index (χ3n) is 2.14. The monoisotopic (exact) mass is 342 g/mol. The van der Waals surface area contributed by atoms with Crippen LogP contribution in [0.4, 0.5) is 0 Å². The predicted molar refractivity (Wildman–Crippen MR) is 61.7 cm³/mol. The molecule has 1 heterocycles. The van der Waals surface area contributed by atoms with Crippen LogP contribution in [-0.4, -0.2) is 33.4 Å². The molecular formula is C9H12Br2O4. The minimum atomic E-state index is -1.68. The van der Waals surface area contributed by atoms with Crippen molar-refractivity contribution in [2.24, 2.45) is 0 Å². The maximum atomic E-state index is 11.4. The average molecular weight is 344 g/mol. The molecule has 0 saturated carbocycles. The van der Waals surface area contributed by atoms with Crippen LogP contribution in [0.25, 0.3) is 0 Å². The topological polar surface area (TPSA) is 66.8 Å². The highest BCUT2D eigenvalue weighted by Gasteiger charge is 2.46. The SMILES string of the molecule is CCC[C@@H](O)C1=C(Br)C(O)(CBr)OC1=O. The highest BCUT2D eigenvalue weighted by atomic mass is 79.9. The predicted octanol–water partition coefficient (Wildman–Crippen LogP) is 1.44. The van der Waals surface area contributed by atoms with Gasteiger partial charge in [0.1, 0.15) is 0 Å².